The second-order valence-electron chi connectivity index (χ2n) is 8.15. The van der Waals surface area contributed by atoms with E-state index in [2.05, 4.69) is 20.8 Å². The first kappa shape index (κ1) is 25.8. The van der Waals surface area contributed by atoms with Crippen LogP contribution < -0.4 is 10.6 Å². The highest BCUT2D eigenvalue weighted by atomic mass is 32.2. The van der Waals surface area contributed by atoms with Crippen molar-refractivity contribution in [3.8, 4) is 0 Å². The van der Waals surface area contributed by atoms with Crippen molar-refractivity contribution >= 4 is 35.0 Å². The van der Waals surface area contributed by atoms with E-state index in [4.69, 9.17) is 0 Å². The van der Waals surface area contributed by atoms with E-state index in [1.54, 1.807) is 24.6 Å². The number of hydrogen-bond donors (Lipinski definition) is 2. The number of nitro benzene ring substituents is 1. The SMILES string of the molecule is Cc1c(F)cccc1NC(=O)CSc1nnc([C@@H](NC(=O)c2cccc([N+](=O)[O-])c2)C(C)C)n1C. The third-order valence-electron chi connectivity index (χ3n) is 5.29. The van der Waals surface area contributed by atoms with Crippen molar-refractivity contribution in [3.63, 3.8) is 0 Å². The lowest BCUT2D eigenvalue weighted by Gasteiger charge is -2.21. The molecule has 1 atom stereocenters. The third-order valence-corrected chi connectivity index (χ3v) is 6.31. The van der Waals surface area contributed by atoms with E-state index < -0.39 is 22.7 Å². The number of carbonyl (C=O) groups is 2. The van der Waals surface area contributed by atoms with Gasteiger partial charge in [-0.1, -0.05) is 37.7 Å². The summed E-state index contributed by atoms with van der Waals surface area (Å²) in [5.74, 6) is -0.781. The minimum atomic E-state index is -0.561. The molecule has 0 unspecified atom stereocenters. The molecular formula is C23H25FN6O4S. The summed E-state index contributed by atoms with van der Waals surface area (Å²) >= 11 is 1.15. The van der Waals surface area contributed by atoms with Gasteiger partial charge in [0.2, 0.25) is 5.91 Å². The van der Waals surface area contributed by atoms with Gasteiger partial charge in [0.25, 0.3) is 11.6 Å². The molecule has 1 heterocycles. The number of thioether (sulfide) groups is 1. The Labute approximate surface area is 205 Å². The third kappa shape index (κ3) is 6.21. The molecule has 3 rings (SSSR count). The van der Waals surface area contributed by atoms with Gasteiger partial charge in [0, 0.05) is 36.0 Å². The average Bonchev–Trinajstić information content (AvgIpc) is 3.18. The Morgan fingerprint density at radius 3 is 2.60 bits per heavy atom. The van der Waals surface area contributed by atoms with E-state index in [9.17, 15) is 24.1 Å². The van der Waals surface area contributed by atoms with Crippen LogP contribution in [0, 0.1) is 28.8 Å². The normalized spacial score (nSPS) is 11.8. The molecular weight excluding hydrogens is 475 g/mol. The number of halogens is 1. The highest BCUT2D eigenvalue weighted by Crippen LogP contribution is 2.25. The molecule has 12 heteroatoms. The number of carbonyl (C=O) groups excluding carboxylic acids is 2. The predicted octanol–water partition coefficient (Wildman–Crippen LogP) is 4.03. The Morgan fingerprint density at radius 1 is 1.20 bits per heavy atom. The number of nitrogens with one attached hydrogen (secondary N) is 2. The monoisotopic (exact) mass is 500 g/mol. The van der Waals surface area contributed by atoms with Crippen molar-refractivity contribution in [3.05, 3.63) is 75.3 Å². The number of benzene rings is 2. The number of hydrogen-bond acceptors (Lipinski definition) is 7. The Bertz CT molecular complexity index is 1260. The Balaban J connectivity index is 1.69. The van der Waals surface area contributed by atoms with Gasteiger partial charge in [-0.05, 0) is 31.0 Å². The quantitative estimate of drug-likeness (QED) is 0.258. The van der Waals surface area contributed by atoms with E-state index in [1.807, 2.05) is 13.8 Å². The number of amides is 2. The number of rotatable bonds is 9. The zero-order valence-corrected chi connectivity index (χ0v) is 20.4. The van der Waals surface area contributed by atoms with Crippen LogP contribution >= 0.6 is 11.8 Å². The zero-order chi connectivity index (χ0) is 25.7. The summed E-state index contributed by atoms with van der Waals surface area (Å²) in [4.78, 5) is 35.6. The average molecular weight is 501 g/mol. The van der Waals surface area contributed by atoms with Gasteiger partial charge in [0.1, 0.15) is 5.82 Å². The van der Waals surface area contributed by atoms with Gasteiger partial charge in [-0.3, -0.25) is 19.7 Å². The van der Waals surface area contributed by atoms with Gasteiger partial charge in [0.15, 0.2) is 11.0 Å². The molecule has 2 aromatic carbocycles. The fourth-order valence-electron chi connectivity index (χ4n) is 3.30. The van der Waals surface area contributed by atoms with Gasteiger partial charge in [-0.2, -0.15) is 0 Å². The maximum atomic E-state index is 13.7. The van der Waals surface area contributed by atoms with Crippen molar-refractivity contribution in [2.75, 3.05) is 11.1 Å². The molecule has 10 nitrogen and oxygen atoms in total. The lowest BCUT2D eigenvalue weighted by molar-refractivity contribution is -0.384. The summed E-state index contributed by atoms with van der Waals surface area (Å²) in [6.07, 6.45) is 0. The standard InChI is InChI=1S/C23H25FN6O4S/c1-13(2)20(26-22(32)15-7-5-8-16(11-15)30(33)34)21-27-28-23(29(21)4)35-12-19(31)25-18-10-6-9-17(24)14(18)3/h5-11,13,20H,12H2,1-4H3,(H,25,31)(H,26,32)/t20-/m0/s1. The largest absolute Gasteiger partial charge is 0.342 e. The van der Waals surface area contributed by atoms with Crippen molar-refractivity contribution in [2.24, 2.45) is 13.0 Å². The first-order valence-electron chi connectivity index (χ1n) is 10.7. The Morgan fingerprint density at radius 2 is 1.91 bits per heavy atom. The van der Waals surface area contributed by atoms with Crippen LogP contribution in [0.2, 0.25) is 0 Å². The van der Waals surface area contributed by atoms with Gasteiger partial charge in [-0.15, -0.1) is 10.2 Å². The molecule has 0 fully saturated rings. The maximum absolute atomic E-state index is 13.7. The van der Waals surface area contributed by atoms with E-state index >= 15 is 0 Å². The smallest absolute Gasteiger partial charge is 0.270 e. The molecule has 2 N–H and O–H groups in total. The fourth-order valence-corrected chi connectivity index (χ4v) is 4.01. The topological polar surface area (TPSA) is 132 Å². The first-order chi connectivity index (χ1) is 16.6. The number of non-ortho nitro benzene ring substituents is 1. The van der Waals surface area contributed by atoms with Crippen LogP contribution in [0.3, 0.4) is 0 Å². The summed E-state index contributed by atoms with van der Waals surface area (Å²) in [5.41, 5.74) is 0.734. The predicted molar refractivity (Wildman–Crippen MR) is 130 cm³/mol. The van der Waals surface area contributed by atoms with Crippen LogP contribution in [0.4, 0.5) is 15.8 Å². The van der Waals surface area contributed by atoms with Crippen LogP contribution in [-0.2, 0) is 11.8 Å². The van der Waals surface area contributed by atoms with Crippen LogP contribution in [0.25, 0.3) is 0 Å². The highest BCUT2D eigenvalue weighted by Gasteiger charge is 2.26. The summed E-state index contributed by atoms with van der Waals surface area (Å²) in [6, 6.07) is 9.41. The zero-order valence-electron chi connectivity index (χ0n) is 19.6. The summed E-state index contributed by atoms with van der Waals surface area (Å²) in [6.45, 7) is 5.38. The molecule has 3 aromatic rings. The molecule has 0 aliphatic heterocycles. The molecule has 0 radical (unpaired) electrons. The molecule has 0 aliphatic carbocycles. The minimum absolute atomic E-state index is 0.0221. The number of anilines is 1. The van der Waals surface area contributed by atoms with E-state index in [0.717, 1.165) is 11.8 Å². The minimum Gasteiger partial charge on any atom is -0.342 e. The molecule has 0 bridgehead atoms. The van der Waals surface area contributed by atoms with Gasteiger partial charge in [-0.25, -0.2) is 4.39 Å². The van der Waals surface area contributed by atoms with Crippen molar-refractivity contribution < 1.29 is 18.9 Å². The van der Waals surface area contributed by atoms with Crippen molar-refractivity contribution in [2.45, 2.75) is 32.0 Å². The van der Waals surface area contributed by atoms with E-state index in [1.165, 1.54) is 36.4 Å². The van der Waals surface area contributed by atoms with Crippen LogP contribution in [0.15, 0.2) is 47.6 Å². The van der Waals surface area contributed by atoms with Gasteiger partial charge in [0.05, 0.1) is 16.7 Å². The highest BCUT2D eigenvalue weighted by molar-refractivity contribution is 7.99. The number of aromatic nitrogens is 3. The summed E-state index contributed by atoms with van der Waals surface area (Å²) in [7, 11) is 1.72. The van der Waals surface area contributed by atoms with E-state index in [-0.39, 0.29) is 28.8 Å². The molecule has 35 heavy (non-hydrogen) atoms. The van der Waals surface area contributed by atoms with Crippen LogP contribution in [0.5, 0.6) is 0 Å². The number of nitro groups is 1. The maximum Gasteiger partial charge on any atom is 0.270 e. The summed E-state index contributed by atoms with van der Waals surface area (Å²) < 4.78 is 15.4. The Hall–Kier alpha value is -3.80. The molecule has 184 valence electrons. The van der Waals surface area contributed by atoms with E-state index in [0.29, 0.717) is 22.2 Å². The Kier molecular flexibility index (Phi) is 8.18. The molecule has 0 aliphatic rings. The van der Waals surface area contributed by atoms with Crippen LogP contribution in [0.1, 0.15) is 41.6 Å². The second-order valence-corrected chi connectivity index (χ2v) is 9.09. The second kappa shape index (κ2) is 11.1. The lowest BCUT2D eigenvalue weighted by Crippen LogP contribution is -2.33. The van der Waals surface area contributed by atoms with Crippen molar-refractivity contribution in [1.29, 1.82) is 0 Å². The van der Waals surface area contributed by atoms with Gasteiger partial charge >= 0.3 is 0 Å². The molecule has 2 amide bonds. The number of nitrogens with zero attached hydrogens (tertiary/aromatic N) is 4. The van der Waals surface area contributed by atoms with Gasteiger partial charge < -0.3 is 15.2 Å². The van der Waals surface area contributed by atoms with Crippen LogP contribution in [-0.4, -0.2) is 37.3 Å². The molecule has 0 saturated carbocycles. The van der Waals surface area contributed by atoms with Crippen molar-refractivity contribution in [1.82, 2.24) is 20.1 Å². The molecule has 0 spiro atoms. The fraction of sp³-hybridized carbons (Fsp3) is 0.304. The lowest BCUT2D eigenvalue weighted by atomic mass is 10.0. The molecule has 0 saturated heterocycles. The molecule has 1 aromatic heterocycles. The first-order valence-corrected chi connectivity index (χ1v) is 11.7. The summed E-state index contributed by atoms with van der Waals surface area (Å²) in [5, 5.41) is 25.4.